The van der Waals surface area contributed by atoms with Crippen LogP contribution in [-0.4, -0.2) is 6.71 Å². The quantitative estimate of drug-likeness (QED) is 0.177. The molecule has 0 atom stereocenters. The lowest BCUT2D eigenvalue weighted by molar-refractivity contribution is 0.464. The van der Waals surface area contributed by atoms with Gasteiger partial charge < -0.3 is 14.4 Å². The van der Waals surface area contributed by atoms with Gasteiger partial charge >= 0.3 is 0 Å². The van der Waals surface area contributed by atoms with Crippen LogP contribution in [0.5, 0.6) is 23.0 Å². The van der Waals surface area contributed by atoms with Crippen molar-refractivity contribution in [2.75, 3.05) is 4.90 Å². The normalized spacial score (nSPS) is 14.1. The Morgan fingerprint density at radius 1 is 0.471 bits per heavy atom. The maximum atomic E-state index is 6.70. The van der Waals surface area contributed by atoms with Gasteiger partial charge in [-0.1, -0.05) is 111 Å². The summed E-state index contributed by atoms with van der Waals surface area (Å²) in [5, 5.41) is 4.97. The minimum atomic E-state index is -0.220. The average Bonchev–Trinajstić information content (AvgIpc) is 3.39. The second-order valence-corrected chi connectivity index (χ2v) is 14.5. The van der Waals surface area contributed by atoms with Crippen LogP contribution in [0.15, 0.2) is 158 Å². The fraction of sp³-hybridized carbons (Fsp3) is 0.0638. The molecule has 0 bridgehead atoms. The smallest absolute Gasteiger partial charge is 0.260 e. The molecular weight excluding hydrogens is 621 g/mol. The van der Waals surface area contributed by atoms with Crippen molar-refractivity contribution in [1.29, 1.82) is 0 Å². The van der Waals surface area contributed by atoms with E-state index in [9.17, 15) is 0 Å². The van der Waals surface area contributed by atoms with Gasteiger partial charge in [-0.25, -0.2) is 0 Å². The van der Waals surface area contributed by atoms with Crippen molar-refractivity contribution < 1.29 is 9.47 Å². The van der Waals surface area contributed by atoms with Gasteiger partial charge in [0.05, 0.1) is 0 Å². The van der Waals surface area contributed by atoms with Crippen molar-refractivity contribution in [2.45, 2.75) is 19.3 Å². The minimum Gasteiger partial charge on any atom is -0.458 e. The Labute approximate surface area is 297 Å². The number of benzene rings is 8. The molecular formula is C47H32BNO2. The zero-order valence-electron chi connectivity index (χ0n) is 28.4. The van der Waals surface area contributed by atoms with Crippen LogP contribution in [0.2, 0.25) is 0 Å². The van der Waals surface area contributed by atoms with Crippen molar-refractivity contribution in [3.63, 3.8) is 0 Å². The van der Waals surface area contributed by atoms with E-state index in [2.05, 4.69) is 164 Å². The maximum absolute atomic E-state index is 6.70. The van der Waals surface area contributed by atoms with E-state index in [-0.39, 0.29) is 12.1 Å². The van der Waals surface area contributed by atoms with E-state index < -0.39 is 0 Å². The Bertz CT molecular complexity index is 2750. The van der Waals surface area contributed by atoms with Crippen molar-refractivity contribution in [1.82, 2.24) is 0 Å². The van der Waals surface area contributed by atoms with Crippen LogP contribution in [0.25, 0.3) is 32.7 Å². The van der Waals surface area contributed by atoms with Crippen molar-refractivity contribution in [3.8, 4) is 34.1 Å². The highest BCUT2D eigenvalue weighted by Gasteiger charge is 2.44. The van der Waals surface area contributed by atoms with Gasteiger partial charge in [0.25, 0.3) is 6.71 Å². The number of ether oxygens (including phenoxy) is 2. The molecule has 8 aromatic carbocycles. The molecule has 8 aromatic rings. The van der Waals surface area contributed by atoms with E-state index in [1.807, 2.05) is 12.1 Å². The van der Waals surface area contributed by atoms with Gasteiger partial charge in [0, 0.05) is 27.9 Å². The second kappa shape index (κ2) is 10.4. The molecule has 240 valence electrons. The molecule has 0 fully saturated rings. The largest absolute Gasteiger partial charge is 0.458 e. The van der Waals surface area contributed by atoms with Gasteiger partial charge in [0.1, 0.15) is 23.0 Å². The fourth-order valence-electron chi connectivity index (χ4n) is 8.99. The number of para-hydroxylation sites is 2. The topological polar surface area (TPSA) is 21.7 Å². The molecule has 2 heterocycles. The van der Waals surface area contributed by atoms with Crippen LogP contribution in [0.3, 0.4) is 0 Å². The number of hydrogen-bond donors (Lipinski definition) is 0. The summed E-state index contributed by atoms with van der Waals surface area (Å²) < 4.78 is 13.1. The van der Waals surface area contributed by atoms with E-state index >= 15 is 0 Å². The van der Waals surface area contributed by atoms with Crippen LogP contribution < -0.4 is 30.8 Å². The van der Waals surface area contributed by atoms with Crippen LogP contribution in [0, 0.1) is 0 Å². The lowest BCUT2D eigenvalue weighted by atomic mass is 9.34. The van der Waals surface area contributed by atoms with E-state index in [1.54, 1.807) is 0 Å². The first-order valence-electron chi connectivity index (χ1n) is 17.7. The zero-order chi connectivity index (χ0) is 33.8. The molecule has 0 unspecified atom stereocenters. The molecule has 1 aliphatic carbocycles. The SMILES string of the molecule is CC1(C)c2cc3c(cc2-c2ccc4cc(N(c5ccccc5)c5ccc6ccccc6c5)ccc4c21)Oc1cccc2c1B3c1ccccc1O2. The maximum Gasteiger partial charge on any atom is 0.260 e. The average molecular weight is 654 g/mol. The lowest BCUT2D eigenvalue weighted by Crippen LogP contribution is -2.57. The third kappa shape index (κ3) is 4.08. The Kier molecular flexibility index (Phi) is 5.82. The van der Waals surface area contributed by atoms with Crippen molar-refractivity contribution in [3.05, 3.63) is 169 Å². The highest BCUT2D eigenvalue weighted by Crippen LogP contribution is 2.53. The standard InChI is InChI=1S/C47H32BNO2/c1-47(2)38-28-40-44(51-43-18-10-17-42-46(43)48(40)39-15-8-9-16-41(39)50-42)27-37(38)36-23-20-31-26-34(22-24-35(31)45(36)47)49(32-13-4-3-5-14-32)33-21-19-29-11-6-7-12-30(29)25-33/h3-28H,1-2H3. The third-order valence-electron chi connectivity index (χ3n) is 11.3. The van der Waals surface area contributed by atoms with E-state index in [1.165, 1.54) is 54.7 Å². The summed E-state index contributed by atoms with van der Waals surface area (Å²) in [6.07, 6.45) is 0. The molecule has 0 spiro atoms. The van der Waals surface area contributed by atoms with Crippen LogP contribution in [-0.2, 0) is 5.41 Å². The van der Waals surface area contributed by atoms with E-state index in [0.717, 1.165) is 45.5 Å². The van der Waals surface area contributed by atoms with Gasteiger partial charge in [-0.05, 0) is 115 Å². The summed E-state index contributed by atoms with van der Waals surface area (Å²) in [5.74, 6) is 3.59. The van der Waals surface area contributed by atoms with Crippen LogP contribution in [0.1, 0.15) is 25.0 Å². The molecule has 0 N–H and O–H groups in total. The molecule has 51 heavy (non-hydrogen) atoms. The minimum absolute atomic E-state index is 0.0492. The third-order valence-corrected chi connectivity index (χ3v) is 11.3. The van der Waals surface area contributed by atoms with Gasteiger partial charge in [0.2, 0.25) is 0 Å². The van der Waals surface area contributed by atoms with E-state index in [4.69, 9.17) is 9.47 Å². The fourth-order valence-corrected chi connectivity index (χ4v) is 8.99. The summed E-state index contributed by atoms with van der Waals surface area (Å²) in [4.78, 5) is 2.36. The Balaban J connectivity index is 1.06. The van der Waals surface area contributed by atoms with Gasteiger partial charge in [0.15, 0.2) is 0 Å². The number of nitrogens with zero attached hydrogens (tertiary/aromatic N) is 1. The Morgan fingerprint density at radius 3 is 1.98 bits per heavy atom. The molecule has 0 amide bonds. The monoisotopic (exact) mass is 653 g/mol. The van der Waals surface area contributed by atoms with Crippen LogP contribution >= 0.6 is 0 Å². The molecule has 3 nitrogen and oxygen atoms in total. The summed E-state index contributed by atoms with van der Waals surface area (Å²) in [7, 11) is 0. The molecule has 0 aromatic heterocycles. The van der Waals surface area contributed by atoms with Gasteiger partial charge in [-0.15, -0.1) is 0 Å². The summed E-state index contributed by atoms with van der Waals surface area (Å²) in [6.45, 7) is 4.81. The first-order valence-corrected chi connectivity index (χ1v) is 17.7. The lowest BCUT2D eigenvalue weighted by Gasteiger charge is -2.33. The second-order valence-electron chi connectivity index (χ2n) is 14.5. The predicted octanol–water partition coefficient (Wildman–Crippen LogP) is 10.5. The van der Waals surface area contributed by atoms with Crippen molar-refractivity contribution in [2.24, 2.45) is 0 Å². The number of anilines is 3. The Hall–Kier alpha value is -6.26. The molecule has 11 rings (SSSR count). The summed E-state index contributed by atoms with van der Waals surface area (Å²) in [6, 6.07) is 56.8. The number of hydrogen-bond acceptors (Lipinski definition) is 3. The zero-order valence-corrected chi connectivity index (χ0v) is 28.4. The first kappa shape index (κ1) is 28.6. The molecule has 4 heteroatoms. The molecule has 0 saturated heterocycles. The van der Waals surface area contributed by atoms with Gasteiger partial charge in [-0.3, -0.25) is 0 Å². The predicted molar refractivity (Wildman–Crippen MR) is 211 cm³/mol. The number of rotatable bonds is 3. The molecule has 3 aliphatic rings. The highest BCUT2D eigenvalue weighted by atomic mass is 16.5. The van der Waals surface area contributed by atoms with Crippen LogP contribution in [0.4, 0.5) is 17.1 Å². The molecule has 0 saturated carbocycles. The Morgan fingerprint density at radius 2 is 1.14 bits per heavy atom. The van der Waals surface area contributed by atoms with Gasteiger partial charge in [-0.2, -0.15) is 0 Å². The molecule has 0 radical (unpaired) electrons. The highest BCUT2D eigenvalue weighted by molar-refractivity contribution is 6.98. The number of fused-ring (bicyclic) bond motifs is 10. The summed E-state index contributed by atoms with van der Waals surface area (Å²) >= 11 is 0. The van der Waals surface area contributed by atoms with Crippen molar-refractivity contribution >= 4 is 61.7 Å². The molecule has 2 aliphatic heterocycles. The first-order chi connectivity index (χ1) is 25.0. The summed E-state index contributed by atoms with van der Waals surface area (Å²) in [5.41, 5.74) is 11.9. The van der Waals surface area contributed by atoms with E-state index in [0.29, 0.717) is 0 Å².